The van der Waals surface area contributed by atoms with Gasteiger partial charge in [-0.1, -0.05) is 17.9 Å². The minimum atomic E-state index is -0.578. The number of hydrogen-bond acceptors (Lipinski definition) is 3. The summed E-state index contributed by atoms with van der Waals surface area (Å²) < 4.78 is 0. The first-order valence-electron chi connectivity index (χ1n) is 6.68. The summed E-state index contributed by atoms with van der Waals surface area (Å²) in [6.45, 7) is 3.77. The molecule has 0 aliphatic carbocycles. The van der Waals surface area contributed by atoms with E-state index in [-0.39, 0.29) is 18.4 Å². The lowest BCUT2D eigenvalue weighted by molar-refractivity contribution is -0.130. The standard InChI is InChI=1S/C16H21N3O2/c1-11-7-8-13(6-5-9-17)10-14(11)15(20)18-12(2)16(21)19(3)4/h7-8,10,12H,9,17H2,1-4H3,(H,18,20). The number of hydrogen-bond donors (Lipinski definition) is 2. The van der Waals surface area contributed by atoms with Crippen LogP contribution in [0.15, 0.2) is 18.2 Å². The summed E-state index contributed by atoms with van der Waals surface area (Å²) in [5, 5.41) is 2.70. The Balaban J connectivity index is 2.94. The van der Waals surface area contributed by atoms with E-state index in [4.69, 9.17) is 5.73 Å². The van der Waals surface area contributed by atoms with Crippen molar-refractivity contribution in [2.75, 3.05) is 20.6 Å². The molecule has 0 bridgehead atoms. The maximum atomic E-state index is 12.3. The van der Waals surface area contributed by atoms with Gasteiger partial charge in [0.2, 0.25) is 5.91 Å². The van der Waals surface area contributed by atoms with Crippen LogP contribution in [0.5, 0.6) is 0 Å². The molecule has 0 saturated carbocycles. The molecule has 5 nitrogen and oxygen atoms in total. The van der Waals surface area contributed by atoms with E-state index in [1.165, 1.54) is 4.90 Å². The third-order valence-electron chi connectivity index (χ3n) is 2.98. The first-order chi connectivity index (χ1) is 9.86. The molecular weight excluding hydrogens is 266 g/mol. The number of carbonyl (C=O) groups excluding carboxylic acids is 2. The fourth-order valence-electron chi connectivity index (χ4n) is 1.82. The van der Waals surface area contributed by atoms with Gasteiger partial charge in [0.15, 0.2) is 0 Å². The van der Waals surface area contributed by atoms with Gasteiger partial charge in [-0.25, -0.2) is 0 Å². The molecule has 0 radical (unpaired) electrons. The topological polar surface area (TPSA) is 75.4 Å². The molecule has 2 amide bonds. The van der Waals surface area contributed by atoms with E-state index in [9.17, 15) is 9.59 Å². The van der Waals surface area contributed by atoms with Gasteiger partial charge in [-0.05, 0) is 31.5 Å². The third kappa shape index (κ3) is 4.62. The van der Waals surface area contributed by atoms with E-state index in [2.05, 4.69) is 17.2 Å². The molecule has 0 spiro atoms. The average molecular weight is 287 g/mol. The van der Waals surface area contributed by atoms with Gasteiger partial charge in [-0.15, -0.1) is 0 Å². The third-order valence-corrected chi connectivity index (χ3v) is 2.98. The lowest BCUT2D eigenvalue weighted by Crippen LogP contribution is -2.44. The monoisotopic (exact) mass is 287 g/mol. The van der Waals surface area contributed by atoms with Crippen molar-refractivity contribution >= 4 is 11.8 Å². The second-order valence-corrected chi connectivity index (χ2v) is 4.96. The molecule has 1 aromatic carbocycles. The Bertz CT molecular complexity index is 597. The van der Waals surface area contributed by atoms with Crippen LogP contribution in [0.2, 0.25) is 0 Å². The second kappa shape index (κ2) is 7.46. The number of carbonyl (C=O) groups is 2. The van der Waals surface area contributed by atoms with Crippen LogP contribution in [0.3, 0.4) is 0 Å². The number of benzene rings is 1. The number of rotatable bonds is 3. The summed E-state index contributed by atoms with van der Waals surface area (Å²) in [5.41, 5.74) is 7.40. The summed E-state index contributed by atoms with van der Waals surface area (Å²) in [7, 11) is 3.30. The molecule has 3 N–H and O–H groups in total. The number of likely N-dealkylation sites (N-methyl/N-ethyl adjacent to an activating group) is 1. The molecule has 1 atom stereocenters. The zero-order valence-electron chi connectivity index (χ0n) is 12.9. The normalized spacial score (nSPS) is 11.1. The van der Waals surface area contributed by atoms with Crippen molar-refractivity contribution < 1.29 is 9.59 Å². The Morgan fingerprint density at radius 2 is 2.05 bits per heavy atom. The summed E-state index contributed by atoms with van der Waals surface area (Å²) in [4.78, 5) is 25.5. The Kier molecular flexibility index (Phi) is 5.94. The molecule has 0 aliphatic heterocycles. The molecule has 1 unspecified atom stereocenters. The van der Waals surface area contributed by atoms with E-state index in [0.717, 1.165) is 11.1 Å². The highest BCUT2D eigenvalue weighted by atomic mass is 16.2. The van der Waals surface area contributed by atoms with Crippen molar-refractivity contribution in [2.45, 2.75) is 19.9 Å². The number of nitrogens with two attached hydrogens (primary N) is 1. The van der Waals surface area contributed by atoms with Gasteiger partial charge < -0.3 is 16.0 Å². The summed E-state index contributed by atoms with van der Waals surface area (Å²) in [6.07, 6.45) is 0. The minimum Gasteiger partial charge on any atom is -0.347 e. The zero-order chi connectivity index (χ0) is 16.0. The van der Waals surface area contributed by atoms with E-state index in [0.29, 0.717) is 5.56 Å². The molecule has 0 aromatic heterocycles. The van der Waals surface area contributed by atoms with E-state index in [1.54, 1.807) is 27.1 Å². The summed E-state index contributed by atoms with van der Waals surface area (Å²) >= 11 is 0. The highest BCUT2D eigenvalue weighted by molar-refractivity contribution is 5.98. The molecule has 1 aromatic rings. The maximum absolute atomic E-state index is 12.3. The van der Waals surface area contributed by atoms with Crippen molar-refractivity contribution in [2.24, 2.45) is 5.73 Å². The van der Waals surface area contributed by atoms with Gasteiger partial charge in [-0.3, -0.25) is 9.59 Å². The quantitative estimate of drug-likeness (QED) is 0.796. The molecule has 0 saturated heterocycles. The van der Waals surface area contributed by atoms with Crippen LogP contribution in [0.1, 0.15) is 28.4 Å². The first kappa shape index (κ1) is 16.7. The highest BCUT2D eigenvalue weighted by Gasteiger charge is 2.19. The molecule has 112 valence electrons. The maximum Gasteiger partial charge on any atom is 0.252 e. The summed E-state index contributed by atoms with van der Waals surface area (Å²) in [6, 6.07) is 4.79. The van der Waals surface area contributed by atoms with Gasteiger partial charge in [0.05, 0.1) is 6.54 Å². The second-order valence-electron chi connectivity index (χ2n) is 4.96. The SMILES string of the molecule is Cc1ccc(C#CCN)cc1C(=O)NC(C)C(=O)N(C)C. The fraction of sp³-hybridized carbons (Fsp3) is 0.375. The first-order valence-corrected chi connectivity index (χ1v) is 6.68. The largest absolute Gasteiger partial charge is 0.347 e. The van der Waals surface area contributed by atoms with Gasteiger partial charge in [0.25, 0.3) is 5.91 Å². The molecule has 5 heteroatoms. The number of aryl methyl sites for hydroxylation is 1. The van der Waals surface area contributed by atoms with Crippen LogP contribution < -0.4 is 11.1 Å². The van der Waals surface area contributed by atoms with Gasteiger partial charge in [0, 0.05) is 25.2 Å². The van der Waals surface area contributed by atoms with Crippen molar-refractivity contribution in [1.29, 1.82) is 0 Å². The van der Waals surface area contributed by atoms with Crippen LogP contribution in [0, 0.1) is 18.8 Å². The Morgan fingerprint density at radius 3 is 2.62 bits per heavy atom. The number of nitrogens with zero attached hydrogens (tertiary/aromatic N) is 1. The predicted octanol–water partition coefficient (Wildman–Crippen LogP) is 0.512. The number of nitrogens with one attached hydrogen (secondary N) is 1. The van der Waals surface area contributed by atoms with Crippen molar-refractivity contribution in [1.82, 2.24) is 10.2 Å². The van der Waals surface area contributed by atoms with Crippen molar-refractivity contribution in [3.63, 3.8) is 0 Å². The average Bonchev–Trinajstić information content (AvgIpc) is 2.45. The highest BCUT2D eigenvalue weighted by Crippen LogP contribution is 2.11. The van der Waals surface area contributed by atoms with E-state index >= 15 is 0 Å². The Hall–Kier alpha value is -2.32. The van der Waals surface area contributed by atoms with E-state index in [1.807, 2.05) is 19.1 Å². The molecule has 0 fully saturated rings. The predicted molar refractivity (Wildman–Crippen MR) is 82.7 cm³/mol. The molecule has 0 heterocycles. The smallest absolute Gasteiger partial charge is 0.252 e. The van der Waals surface area contributed by atoms with Crippen molar-refractivity contribution in [3.8, 4) is 11.8 Å². The van der Waals surface area contributed by atoms with E-state index < -0.39 is 6.04 Å². The molecule has 1 rings (SSSR count). The zero-order valence-corrected chi connectivity index (χ0v) is 12.9. The Labute approximate surface area is 125 Å². The van der Waals surface area contributed by atoms with Gasteiger partial charge in [0.1, 0.15) is 6.04 Å². The summed E-state index contributed by atoms with van der Waals surface area (Å²) in [5.74, 6) is 5.20. The molecular formula is C16H21N3O2. The minimum absolute atomic E-state index is 0.153. The Morgan fingerprint density at radius 1 is 1.38 bits per heavy atom. The fourth-order valence-corrected chi connectivity index (χ4v) is 1.82. The lowest BCUT2D eigenvalue weighted by atomic mass is 10.0. The van der Waals surface area contributed by atoms with Crippen LogP contribution in [0.25, 0.3) is 0 Å². The van der Waals surface area contributed by atoms with Crippen LogP contribution in [-0.4, -0.2) is 43.4 Å². The van der Waals surface area contributed by atoms with Gasteiger partial charge in [-0.2, -0.15) is 0 Å². The van der Waals surface area contributed by atoms with Gasteiger partial charge >= 0.3 is 0 Å². The van der Waals surface area contributed by atoms with Crippen LogP contribution >= 0.6 is 0 Å². The molecule has 0 aliphatic rings. The lowest BCUT2D eigenvalue weighted by Gasteiger charge is -2.18. The number of amides is 2. The molecule has 21 heavy (non-hydrogen) atoms. The van der Waals surface area contributed by atoms with Crippen molar-refractivity contribution in [3.05, 3.63) is 34.9 Å². The van der Waals surface area contributed by atoms with Crippen LogP contribution in [0.4, 0.5) is 0 Å². The van der Waals surface area contributed by atoms with Crippen LogP contribution in [-0.2, 0) is 4.79 Å².